The Morgan fingerprint density at radius 3 is 2.30 bits per heavy atom. The molecule has 2 fully saturated rings. The minimum Gasteiger partial charge on any atom is -0.481 e. The van der Waals surface area contributed by atoms with E-state index >= 15 is 0 Å². The SMILES string of the molecule is NCC1CCCCC1C(=O)NC1CCC(C(=O)O)CC1. The summed E-state index contributed by atoms with van der Waals surface area (Å²) >= 11 is 0. The zero-order chi connectivity index (χ0) is 14.5. The number of carboxylic acid groups (broad SMARTS) is 1. The summed E-state index contributed by atoms with van der Waals surface area (Å²) in [6, 6.07) is 0.151. The van der Waals surface area contributed by atoms with E-state index in [1.807, 2.05) is 0 Å². The minimum atomic E-state index is -0.703. The molecule has 4 N–H and O–H groups in total. The number of hydrogen-bond donors (Lipinski definition) is 3. The topological polar surface area (TPSA) is 92.4 Å². The second kappa shape index (κ2) is 7.07. The van der Waals surface area contributed by atoms with Crippen LogP contribution in [0.4, 0.5) is 0 Å². The van der Waals surface area contributed by atoms with Crippen molar-refractivity contribution in [2.24, 2.45) is 23.5 Å². The summed E-state index contributed by atoms with van der Waals surface area (Å²) < 4.78 is 0. The summed E-state index contributed by atoms with van der Waals surface area (Å²) in [5.41, 5.74) is 5.77. The number of rotatable bonds is 4. The first-order valence-corrected chi connectivity index (χ1v) is 7.85. The smallest absolute Gasteiger partial charge is 0.306 e. The summed E-state index contributed by atoms with van der Waals surface area (Å²) in [6.07, 6.45) is 7.19. The van der Waals surface area contributed by atoms with Gasteiger partial charge >= 0.3 is 5.97 Å². The van der Waals surface area contributed by atoms with Crippen molar-refractivity contribution in [2.75, 3.05) is 6.54 Å². The molecule has 114 valence electrons. The molecule has 0 aromatic heterocycles. The van der Waals surface area contributed by atoms with Crippen LogP contribution in [0.3, 0.4) is 0 Å². The lowest BCUT2D eigenvalue weighted by molar-refractivity contribution is -0.142. The molecule has 5 heteroatoms. The van der Waals surface area contributed by atoms with Crippen LogP contribution in [-0.2, 0) is 9.59 Å². The Bertz CT molecular complexity index is 351. The molecule has 0 aliphatic heterocycles. The molecule has 20 heavy (non-hydrogen) atoms. The van der Waals surface area contributed by atoms with Crippen LogP contribution in [0.1, 0.15) is 51.4 Å². The fourth-order valence-electron chi connectivity index (χ4n) is 3.63. The first-order valence-electron chi connectivity index (χ1n) is 7.85. The molecule has 0 bridgehead atoms. The van der Waals surface area contributed by atoms with E-state index in [1.54, 1.807) is 0 Å². The van der Waals surface area contributed by atoms with E-state index in [4.69, 9.17) is 10.8 Å². The van der Waals surface area contributed by atoms with E-state index in [-0.39, 0.29) is 23.8 Å². The molecule has 2 aliphatic rings. The largest absolute Gasteiger partial charge is 0.481 e. The fraction of sp³-hybridized carbons (Fsp3) is 0.867. The molecule has 5 nitrogen and oxygen atoms in total. The van der Waals surface area contributed by atoms with Crippen LogP contribution in [0, 0.1) is 17.8 Å². The van der Waals surface area contributed by atoms with Crippen LogP contribution in [-0.4, -0.2) is 29.6 Å². The number of carboxylic acids is 1. The van der Waals surface area contributed by atoms with E-state index in [0.717, 1.165) is 32.1 Å². The Hall–Kier alpha value is -1.10. The summed E-state index contributed by atoms with van der Waals surface area (Å²) in [6.45, 7) is 0.587. The second-order valence-corrected chi connectivity index (χ2v) is 6.28. The van der Waals surface area contributed by atoms with Gasteiger partial charge in [-0.3, -0.25) is 9.59 Å². The van der Waals surface area contributed by atoms with Gasteiger partial charge in [-0.05, 0) is 51.0 Å². The molecule has 1 amide bonds. The van der Waals surface area contributed by atoms with Crippen molar-refractivity contribution in [1.29, 1.82) is 0 Å². The van der Waals surface area contributed by atoms with Gasteiger partial charge in [0.2, 0.25) is 5.91 Å². The zero-order valence-electron chi connectivity index (χ0n) is 12.0. The van der Waals surface area contributed by atoms with Gasteiger partial charge in [-0.1, -0.05) is 12.8 Å². The van der Waals surface area contributed by atoms with Gasteiger partial charge in [0.05, 0.1) is 5.92 Å². The van der Waals surface area contributed by atoms with E-state index in [1.165, 1.54) is 6.42 Å². The van der Waals surface area contributed by atoms with Gasteiger partial charge < -0.3 is 16.2 Å². The monoisotopic (exact) mass is 282 g/mol. The van der Waals surface area contributed by atoms with Crippen molar-refractivity contribution >= 4 is 11.9 Å². The minimum absolute atomic E-state index is 0.0611. The molecule has 2 aliphatic carbocycles. The van der Waals surface area contributed by atoms with Gasteiger partial charge in [0.15, 0.2) is 0 Å². The molecular formula is C15H26N2O3. The third-order valence-electron chi connectivity index (χ3n) is 4.97. The molecule has 2 saturated carbocycles. The maximum atomic E-state index is 12.4. The quantitative estimate of drug-likeness (QED) is 0.728. The number of nitrogens with two attached hydrogens (primary N) is 1. The van der Waals surface area contributed by atoms with Gasteiger partial charge in [-0.15, -0.1) is 0 Å². The van der Waals surface area contributed by atoms with Gasteiger partial charge in [0.25, 0.3) is 0 Å². The van der Waals surface area contributed by atoms with Crippen LogP contribution in [0.25, 0.3) is 0 Å². The molecule has 0 saturated heterocycles. The van der Waals surface area contributed by atoms with E-state index in [0.29, 0.717) is 25.3 Å². The lowest BCUT2D eigenvalue weighted by atomic mass is 9.78. The van der Waals surface area contributed by atoms with Gasteiger partial charge in [0, 0.05) is 12.0 Å². The summed E-state index contributed by atoms with van der Waals surface area (Å²) in [5, 5.41) is 12.1. The predicted octanol–water partition coefficient (Wildman–Crippen LogP) is 1.51. The Morgan fingerprint density at radius 2 is 1.70 bits per heavy atom. The van der Waals surface area contributed by atoms with Crippen LogP contribution < -0.4 is 11.1 Å². The van der Waals surface area contributed by atoms with Crippen LogP contribution in [0.5, 0.6) is 0 Å². The molecular weight excluding hydrogens is 256 g/mol. The summed E-state index contributed by atoms with van der Waals surface area (Å²) in [7, 11) is 0. The van der Waals surface area contributed by atoms with Crippen molar-refractivity contribution in [2.45, 2.75) is 57.4 Å². The highest BCUT2D eigenvalue weighted by molar-refractivity contribution is 5.79. The highest BCUT2D eigenvalue weighted by Crippen LogP contribution is 2.30. The third-order valence-corrected chi connectivity index (χ3v) is 4.97. The summed E-state index contributed by atoms with van der Waals surface area (Å²) in [5.74, 6) is -0.413. The molecule has 2 rings (SSSR count). The lowest BCUT2D eigenvalue weighted by Crippen LogP contribution is -2.45. The van der Waals surface area contributed by atoms with Crippen molar-refractivity contribution in [3.63, 3.8) is 0 Å². The zero-order valence-corrected chi connectivity index (χ0v) is 12.0. The number of carbonyl (C=O) groups excluding carboxylic acids is 1. The van der Waals surface area contributed by atoms with Gasteiger partial charge in [-0.25, -0.2) is 0 Å². The molecule has 0 aromatic rings. The van der Waals surface area contributed by atoms with Crippen molar-refractivity contribution in [3.05, 3.63) is 0 Å². The molecule has 0 aromatic carbocycles. The number of aliphatic carboxylic acids is 1. The van der Waals surface area contributed by atoms with E-state index in [2.05, 4.69) is 5.32 Å². The van der Waals surface area contributed by atoms with Crippen molar-refractivity contribution in [1.82, 2.24) is 5.32 Å². The molecule has 0 spiro atoms. The van der Waals surface area contributed by atoms with E-state index < -0.39 is 5.97 Å². The third kappa shape index (κ3) is 3.72. The van der Waals surface area contributed by atoms with Gasteiger partial charge in [-0.2, -0.15) is 0 Å². The van der Waals surface area contributed by atoms with Gasteiger partial charge in [0.1, 0.15) is 0 Å². The lowest BCUT2D eigenvalue weighted by Gasteiger charge is -2.33. The highest BCUT2D eigenvalue weighted by atomic mass is 16.4. The first kappa shape index (κ1) is 15.3. The Labute approximate surface area is 120 Å². The number of nitrogens with one attached hydrogen (secondary N) is 1. The van der Waals surface area contributed by atoms with Crippen molar-refractivity contribution < 1.29 is 14.7 Å². The fourth-order valence-corrected chi connectivity index (χ4v) is 3.63. The Morgan fingerprint density at radius 1 is 1.05 bits per heavy atom. The number of amides is 1. The normalized spacial score (nSPS) is 34.5. The predicted molar refractivity (Wildman–Crippen MR) is 76.0 cm³/mol. The average molecular weight is 282 g/mol. The molecule has 2 unspecified atom stereocenters. The van der Waals surface area contributed by atoms with Crippen LogP contribution in [0.15, 0.2) is 0 Å². The second-order valence-electron chi connectivity index (χ2n) is 6.28. The molecule has 0 radical (unpaired) electrons. The average Bonchev–Trinajstić information content (AvgIpc) is 2.47. The van der Waals surface area contributed by atoms with E-state index in [9.17, 15) is 9.59 Å². The number of carbonyl (C=O) groups is 2. The number of hydrogen-bond acceptors (Lipinski definition) is 3. The van der Waals surface area contributed by atoms with Crippen LogP contribution in [0.2, 0.25) is 0 Å². The van der Waals surface area contributed by atoms with Crippen LogP contribution >= 0.6 is 0 Å². The standard InChI is InChI=1S/C15H26N2O3/c16-9-11-3-1-2-4-13(11)14(18)17-12-7-5-10(6-8-12)15(19)20/h10-13H,1-9,16H2,(H,17,18)(H,19,20). The maximum Gasteiger partial charge on any atom is 0.306 e. The molecule has 0 heterocycles. The van der Waals surface area contributed by atoms with Crippen molar-refractivity contribution in [3.8, 4) is 0 Å². The Kier molecular flexibility index (Phi) is 5.40. The first-order chi connectivity index (χ1) is 9.61. The summed E-state index contributed by atoms with van der Waals surface area (Å²) in [4.78, 5) is 23.3. The Balaban J connectivity index is 1.81. The highest BCUT2D eigenvalue weighted by Gasteiger charge is 2.32. The maximum absolute atomic E-state index is 12.4. The molecule has 2 atom stereocenters.